The first-order valence-corrected chi connectivity index (χ1v) is 7.92. The molecule has 0 spiro atoms. The number of aryl methyl sites for hydroxylation is 1. The number of rotatable bonds is 5. The van der Waals surface area contributed by atoms with E-state index in [4.69, 9.17) is 0 Å². The van der Waals surface area contributed by atoms with Gasteiger partial charge in [0.2, 0.25) is 0 Å². The maximum absolute atomic E-state index is 12.1. The van der Waals surface area contributed by atoms with Gasteiger partial charge in [-0.05, 0) is 43.0 Å². The lowest BCUT2D eigenvalue weighted by Crippen LogP contribution is -2.29. The molecule has 1 heterocycles. The van der Waals surface area contributed by atoms with Gasteiger partial charge in [-0.3, -0.25) is 4.79 Å². The van der Waals surface area contributed by atoms with E-state index >= 15 is 0 Å². The molecule has 3 rings (SSSR count). The Bertz CT molecular complexity index is 666. The van der Waals surface area contributed by atoms with Gasteiger partial charge in [0.15, 0.2) is 0 Å². The van der Waals surface area contributed by atoms with Gasteiger partial charge in [-0.2, -0.15) is 0 Å². The van der Waals surface area contributed by atoms with Crippen LogP contribution in [0.15, 0.2) is 48.5 Å². The minimum atomic E-state index is 0.0277. The molecular formula is C19H22N2O. The zero-order valence-corrected chi connectivity index (χ0v) is 13.0. The third-order valence-electron chi connectivity index (χ3n) is 4.26. The molecule has 22 heavy (non-hydrogen) atoms. The number of nitrogens with zero attached hydrogens (tertiary/aromatic N) is 1. The summed E-state index contributed by atoms with van der Waals surface area (Å²) in [7, 11) is 0. The van der Waals surface area contributed by atoms with E-state index in [1.54, 1.807) is 0 Å². The Morgan fingerprint density at radius 3 is 2.77 bits per heavy atom. The third-order valence-corrected chi connectivity index (χ3v) is 4.26. The number of benzene rings is 2. The molecule has 0 radical (unpaired) electrons. The second kappa shape index (κ2) is 6.65. The highest BCUT2D eigenvalue weighted by atomic mass is 16.1. The number of hydrogen-bond donors (Lipinski definition) is 1. The van der Waals surface area contributed by atoms with Crippen molar-refractivity contribution in [2.24, 2.45) is 0 Å². The van der Waals surface area contributed by atoms with Crippen LogP contribution in [0.1, 0.15) is 27.9 Å². The smallest absolute Gasteiger partial charge is 0.251 e. The van der Waals surface area contributed by atoms with Crippen LogP contribution in [0.25, 0.3) is 0 Å². The molecule has 0 aromatic heterocycles. The molecule has 1 aliphatic heterocycles. The number of amides is 1. The molecule has 0 fully saturated rings. The van der Waals surface area contributed by atoms with Crippen LogP contribution >= 0.6 is 0 Å². The summed E-state index contributed by atoms with van der Waals surface area (Å²) in [5.41, 5.74) is 4.58. The van der Waals surface area contributed by atoms with Crippen LogP contribution in [0.3, 0.4) is 0 Å². The summed E-state index contributed by atoms with van der Waals surface area (Å²) in [6, 6.07) is 16.3. The maximum atomic E-state index is 12.1. The second-order valence-electron chi connectivity index (χ2n) is 5.79. The quantitative estimate of drug-likeness (QED) is 0.859. The summed E-state index contributed by atoms with van der Waals surface area (Å²) in [4.78, 5) is 14.5. The first kappa shape index (κ1) is 14.6. The molecule has 1 amide bonds. The molecule has 2 aromatic rings. The molecule has 1 aliphatic rings. The van der Waals surface area contributed by atoms with Crippen LogP contribution < -0.4 is 10.2 Å². The standard InChI is InChI=1S/C19H22N2O/c1-15-7-2-4-9-17(15)19(22)20-12-6-13-21-14-11-16-8-3-5-10-18(16)21/h2-5,7-10H,6,11-14H2,1H3,(H,20,22). The Balaban J connectivity index is 1.47. The normalized spacial score (nSPS) is 13.0. The van der Waals surface area contributed by atoms with Gasteiger partial charge in [-0.15, -0.1) is 0 Å². The average molecular weight is 294 g/mol. The highest BCUT2D eigenvalue weighted by Gasteiger charge is 2.17. The summed E-state index contributed by atoms with van der Waals surface area (Å²) >= 11 is 0. The van der Waals surface area contributed by atoms with E-state index in [0.717, 1.165) is 37.1 Å². The summed E-state index contributed by atoms with van der Waals surface area (Å²) < 4.78 is 0. The zero-order valence-electron chi connectivity index (χ0n) is 13.0. The first-order valence-electron chi connectivity index (χ1n) is 7.92. The van der Waals surface area contributed by atoms with E-state index in [2.05, 4.69) is 34.5 Å². The molecule has 0 aliphatic carbocycles. The van der Waals surface area contributed by atoms with Crippen molar-refractivity contribution in [3.8, 4) is 0 Å². The van der Waals surface area contributed by atoms with Gasteiger partial charge in [0.05, 0.1) is 0 Å². The number of carbonyl (C=O) groups is 1. The Morgan fingerprint density at radius 2 is 1.91 bits per heavy atom. The van der Waals surface area contributed by atoms with Crippen LogP contribution in [0, 0.1) is 6.92 Å². The van der Waals surface area contributed by atoms with Crippen molar-refractivity contribution in [2.75, 3.05) is 24.5 Å². The molecule has 0 bridgehead atoms. The van der Waals surface area contributed by atoms with Gasteiger partial charge in [-0.25, -0.2) is 0 Å². The predicted molar refractivity (Wildman–Crippen MR) is 90.5 cm³/mol. The van der Waals surface area contributed by atoms with Crippen molar-refractivity contribution >= 4 is 11.6 Å². The van der Waals surface area contributed by atoms with Crippen molar-refractivity contribution in [1.29, 1.82) is 0 Å². The monoisotopic (exact) mass is 294 g/mol. The highest BCUT2D eigenvalue weighted by Crippen LogP contribution is 2.27. The summed E-state index contributed by atoms with van der Waals surface area (Å²) in [6.45, 7) is 4.76. The number of carbonyl (C=O) groups excluding carboxylic acids is 1. The van der Waals surface area contributed by atoms with Crippen molar-refractivity contribution in [2.45, 2.75) is 19.8 Å². The Labute approximate surface area is 132 Å². The molecule has 114 valence electrons. The lowest BCUT2D eigenvalue weighted by molar-refractivity contribution is 0.0953. The summed E-state index contributed by atoms with van der Waals surface area (Å²) in [5.74, 6) is 0.0277. The minimum absolute atomic E-state index is 0.0277. The topological polar surface area (TPSA) is 32.3 Å². The van der Waals surface area contributed by atoms with Crippen LogP contribution in [-0.4, -0.2) is 25.5 Å². The number of anilines is 1. The molecule has 3 heteroatoms. The third kappa shape index (κ3) is 3.14. The number of para-hydroxylation sites is 1. The average Bonchev–Trinajstić information content (AvgIpc) is 2.95. The predicted octanol–water partition coefficient (Wildman–Crippen LogP) is 3.18. The molecule has 0 atom stereocenters. The SMILES string of the molecule is Cc1ccccc1C(=O)NCCCN1CCc2ccccc21. The molecule has 0 unspecified atom stereocenters. The summed E-state index contributed by atoms with van der Waals surface area (Å²) in [6.07, 6.45) is 2.09. The van der Waals surface area contributed by atoms with Crippen molar-refractivity contribution in [1.82, 2.24) is 5.32 Å². The fourth-order valence-electron chi connectivity index (χ4n) is 3.03. The molecule has 1 N–H and O–H groups in total. The van der Waals surface area contributed by atoms with Crippen LogP contribution in [0.2, 0.25) is 0 Å². The molecule has 0 saturated heterocycles. The number of fused-ring (bicyclic) bond motifs is 1. The van der Waals surface area contributed by atoms with Gasteiger partial charge in [0.1, 0.15) is 0 Å². The van der Waals surface area contributed by atoms with Gasteiger partial charge < -0.3 is 10.2 Å². The van der Waals surface area contributed by atoms with Crippen LogP contribution in [-0.2, 0) is 6.42 Å². The first-order chi connectivity index (χ1) is 10.8. The van der Waals surface area contributed by atoms with Crippen LogP contribution in [0.4, 0.5) is 5.69 Å². The Hall–Kier alpha value is -2.29. The largest absolute Gasteiger partial charge is 0.371 e. The lowest BCUT2D eigenvalue weighted by Gasteiger charge is -2.19. The molecule has 3 nitrogen and oxygen atoms in total. The van der Waals surface area contributed by atoms with Crippen molar-refractivity contribution in [3.63, 3.8) is 0 Å². The van der Waals surface area contributed by atoms with Crippen molar-refractivity contribution in [3.05, 3.63) is 65.2 Å². The van der Waals surface area contributed by atoms with Gasteiger partial charge >= 0.3 is 0 Å². The van der Waals surface area contributed by atoms with Crippen LogP contribution in [0.5, 0.6) is 0 Å². The fourth-order valence-corrected chi connectivity index (χ4v) is 3.03. The Kier molecular flexibility index (Phi) is 4.42. The van der Waals surface area contributed by atoms with E-state index in [1.165, 1.54) is 11.3 Å². The minimum Gasteiger partial charge on any atom is -0.371 e. The van der Waals surface area contributed by atoms with Crippen molar-refractivity contribution < 1.29 is 4.79 Å². The highest BCUT2D eigenvalue weighted by molar-refractivity contribution is 5.95. The van der Waals surface area contributed by atoms with E-state index in [1.807, 2.05) is 31.2 Å². The summed E-state index contributed by atoms with van der Waals surface area (Å²) in [5, 5.41) is 3.02. The van der Waals surface area contributed by atoms with E-state index in [0.29, 0.717) is 6.54 Å². The molecule has 2 aromatic carbocycles. The second-order valence-corrected chi connectivity index (χ2v) is 5.79. The van der Waals surface area contributed by atoms with Gasteiger partial charge in [0, 0.05) is 30.9 Å². The van der Waals surface area contributed by atoms with E-state index in [-0.39, 0.29) is 5.91 Å². The molecule has 0 saturated carbocycles. The van der Waals surface area contributed by atoms with E-state index in [9.17, 15) is 4.79 Å². The zero-order chi connectivity index (χ0) is 15.4. The van der Waals surface area contributed by atoms with Gasteiger partial charge in [-0.1, -0.05) is 36.4 Å². The number of hydrogen-bond acceptors (Lipinski definition) is 2. The van der Waals surface area contributed by atoms with Gasteiger partial charge in [0.25, 0.3) is 5.91 Å². The lowest BCUT2D eigenvalue weighted by atomic mass is 10.1. The number of nitrogens with one attached hydrogen (secondary N) is 1. The molecular weight excluding hydrogens is 272 g/mol. The Morgan fingerprint density at radius 1 is 1.14 bits per heavy atom. The van der Waals surface area contributed by atoms with E-state index < -0.39 is 0 Å². The maximum Gasteiger partial charge on any atom is 0.251 e. The fraction of sp³-hybridized carbons (Fsp3) is 0.316.